The van der Waals surface area contributed by atoms with Crippen LogP contribution in [0, 0.1) is 0 Å². The molecule has 2 N–H and O–H groups in total. The zero-order valence-electron chi connectivity index (χ0n) is 18.1. The Labute approximate surface area is 184 Å². The number of phosphoric acid groups is 1. The Kier molecular flexibility index (Phi) is 5.41. The molecule has 0 bridgehead atoms. The minimum absolute atomic E-state index is 0.0417. The summed E-state index contributed by atoms with van der Waals surface area (Å²) >= 11 is 0. The van der Waals surface area contributed by atoms with Gasteiger partial charge in [0.2, 0.25) is 11.8 Å². The van der Waals surface area contributed by atoms with Gasteiger partial charge in [-0.1, -0.05) is 12.8 Å². The molecule has 1 aliphatic carbocycles. The topological polar surface area (TPSA) is 133 Å². The number of ether oxygens (including phenoxy) is 2. The van der Waals surface area contributed by atoms with Gasteiger partial charge in [0.1, 0.15) is 12.2 Å². The smallest absolute Gasteiger partial charge is 0.473 e. The number of hydrogen-bond donors (Lipinski definition) is 1. The van der Waals surface area contributed by atoms with Gasteiger partial charge in [0, 0.05) is 0 Å². The molecule has 0 aromatic carbocycles. The largest absolute Gasteiger partial charge is 0.475 e. The molecule has 0 radical (unpaired) electrons. The van der Waals surface area contributed by atoms with Gasteiger partial charge in [-0.05, 0) is 33.6 Å². The molecule has 2 saturated heterocycles. The van der Waals surface area contributed by atoms with Crippen molar-refractivity contribution in [3.8, 4) is 5.88 Å². The van der Waals surface area contributed by atoms with Crippen molar-refractivity contribution in [2.45, 2.75) is 82.8 Å². The van der Waals surface area contributed by atoms with Gasteiger partial charge in [0.25, 0.3) is 0 Å². The van der Waals surface area contributed by atoms with E-state index in [0.717, 1.165) is 25.7 Å². The van der Waals surface area contributed by atoms with E-state index in [9.17, 15) is 4.57 Å². The van der Waals surface area contributed by atoms with E-state index in [4.69, 9.17) is 28.8 Å². The van der Waals surface area contributed by atoms with Crippen LogP contribution in [0.4, 0.5) is 10.3 Å². The summed E-state index contributed by atoms with van der Waals surface area (Å²) in [7, 11) is -3.91. The predicted octanol–water partition coefficient (Wildman–Crippen LogP) is 3.30. The summed E-state index contributed by atoms with van der Waals surface area (Å²) in [6.45, 7) is 4.90. The number of alkyl halides is 1. The first-order valence-corrected chi connectivity index (χ1v) is 12.2. The van der Waals surface area contributed by atoms with E-state index in [1.54, 1.807) is 0 Å². The predicted molar refractivity (Wildman–Crippen MR) is 111 cm³/mol. The van der Waals surface area contributed by atoms with E-state index in [0.29, 0.717) is 5.52 Å². The summed E-state index contributed by atoms with van der Waals surface area (Å²) < 4.78 is 58.9. The second-order valence-corrected chi connectivity index (χ2v) is 10.4. The third-order valence-electron chi connectivity index (χ3n) is 5.91. The maximum Gasteiger partial charge on any atom is 0.475 e. The molecule has 5 atom stereocenters. The maximum atomic E-state index is 16.1. The number of rotatable bonds is 5. The van der Waals surface area contributed by atoms with Gasteiger partial charge in [0.15, 0.2) is 23.1 Å². The van der Waals surface area contributed by atoms with Gasteiger partial charge in [-0.25, -0.2) is 13.9 Å². The average Bonchev–Trinajstić information content (AvgIpc) is 3.40. The highest BCUT2D eigenvalue weighted by Gasteiger charge is 2.62. The fourth-order valence-electron chi connectivity index (χ4n) is 4.46. The Morgan fingerprint density at radius 3 is 2.81 bits per heavy atom. The van der Waals surface area contributed by atoms with Crippen molar-refractivity contribution in [3.63, 3.8) is 0 Å². The number of nitrogen functional groups attached to an aromatic ring is 1. The van der Waals surface area contributed by atoms with Crippen molar-refractivity contribution in [2.75, 3.05) is 12.3 Å². The summed E-state index contributed by atoms with van der Waals surface area (Å²) in [4.78, 5) is 12.6. The lowest BCUT2D eigenvalue weighted by atomic mass is 9.98. The fourth-order valence-corrected chi connectivity index (χ4v) is 6.16. The summed E-state index contributed by atoms with van der Waals surface area (Å²) in [5.74, 6) is 0.159. The lowest BCUT2D eigenvalue weighted by molar-refractivity contribution is -0.0745. The lowest BCUT2D eigenvalue weighted by Crippen LogP contribution is -2.45. The van der Waals surface area contributed by atoms with Crippen LogP contribution in [0.5, 0.6) is 5.88 Å². The third-order valence-corrected chi connectivity index (χ3v) is 7.41. The van der Waals surface area contributed by atoms with Crippen LogP contribution in [0.2, 0.25) is 0 Å². The van der Waals surface area contributed by atoms with E-state index >= 15 is 4.39 Å². The van der Waals surface area contributed by atoms with Gasteiger partial charge in [-0.15, -0.1) is 0 Å². The number of nitrogens with zero attached hydrogens (tertiary/aromatic N) is 4. The SMILES string of the molecule is CC(C)Oc1nc(N)nc2c1ncn2[C@@H]1O[C@@H]2CO[P@](=O)(OC3CCCC3)O[C@H]2[C@@]1(C)F. The Balaban J connectivity index is 1.44. The molecule has 2 aromatic rings. The number of fused-ring (bicyclic) bond motifs is 2. The van der Waals surface area contributed by atoms with Crippen LogP contribution in [-0.4, -0.2) is 56.2 Å². The Morgan fingerprint density at radius 2 is 2.09 bits per heavy atom. The number of nitrogens with two attached hydrogens (primary N) is 1. The molecule has 4 heterocycles. The first-order valence-electron chi connectivity index (χ1n) is 10.8. The molecule has 0 unspecified atom stereocenters. The highest BCUT2D eigenvalue weighted by atomic mass is 31.2. The minimum Gasteiger partial charge on any atom is -0.473 e. The molecule has 32 heavy (non-hydrogen) atoms. The van der Waals surface area contributed by atoms with Gasteiger partial charge >= 0.3 is 7.82 Å². The zero-order valence-corrected chi connectivity index (χ0v) is 19.0. The lowest BCUT2D eigenvalue weighted by Gasteiger charge is -2.34. The quantitative estimate of drug-likeness (QED) is 0.648. The highest BCUT2D eigenvalue weighted by molar-refractivity contribution is 7.48. The van der Waals surface area contributed by atoms with Crippen molar-refractivity contribution in [1.29, 1.82) is 0 Å². The van der Waals surface area contributed by atoms with Crippen LogP contribution in [0.3, 0.4) is 0 Å². The van der Waals surface area contributed by atoms with E-state index in [-0.39, 0.29) is 36.3 Å². The maximum absolute atomic E-state index is 16.1. The summed E-state index contributed by atoms with van der Waals surface area (Å²) in [6.07, 6.45) is 1.43. The van der Waals surface area contributed by atoms with E-state index in [1.807, 2.05) is 13.8 Å². The van der Waals surface area contributed by atoms with Crippen LogP contribution >= 0.6 is 7.82 Å². The molecule has 0 spiro atoms. The normalized spacial score (nSPS) is 35.6. The number of hydrogen-bond acceptors (Lipinski definition) is 10. The number of aromatic nitrogens is 4. The molecular weight excluding hydrogens is 444 g/mol. The number of halogens is 1. The number of anilines is 1. The first-order chi connectivity index (χ1) is 15.2. The van der Waals surface area contributed by atoms with Crippen molar-refractivity contribution >= 4 is 24.9 Å². The average molecular weight is 471 g/mol. The van der Waals surface area contributed by atoms with Gasteiger partial charge in [0.05, 0.1) is 25.1 Å². The molecule has 3 aliphatic rings. The molecule has 3 fully saturated rings. The third kappa shape index (κ3) is 3.77. The molecule has 2 aromatic heterocycles. The van der Waals surface area contributed by atoms with Gasteiger partial charge < -0.3 is 15.2 Å². The summed E-state index contributed by atoms with van der Waals surface area (Å²) in [5, 5.41) is 0. The zero-order chi connectivity index (χ0) is 22.7. The van der Waals surface area contributed by atoms with Crippen molar-refractivity contribution in [1.82, 2.24) is 19.5 Å². The second-order valence-electron chi connectivity index (χ2n) is 8.84. The molecule has 11 nitrogen and oxygen atoms in total. The minimum atomic E-state index is -3.91. The number of imidazole rings is 1. The van der Waals surface area contributed by atoms with Crippen molar-refractivity contribution in [2.24, 2.45) is 0 Å². The molecule has 0 amide bonds. The van der Waals surface area contributed by atoms with E-state index in [2.05, 4.69) is 15.0 Å². The molecule has 176 valence electrons. The van der Waals surface area contributed by atoms with Crippen LogP contribution in [-0.2, 0) is 22.9 Å². The molecule has 1 saturated carbocycles. The van der Waals surface area contributed by atoms with Crippen molar-refractivity contribution < 1.29 is 32.0 Å². The summed E-state index contributed by atoms with van der Waals surface area (Å²) in [5.41, 5.74) is 4.35. The van der Waals surface area contributed by atoms with Crippen LogP contribution in [0.25, 0.3) is 11.2 Å². The Hall–Kier alpha value is -1.85. The number of phosphoric ester groups is 1. The molecule has 2 aliphatic heterocycles. The van der Waals surface area contributed by atoms with Crippen LogP contribution < -0.4 is 10.5 Å². The fraction of sp³-hybridized carbons (Fsp3) is 0.737. The first kappa shape index (κ1) is 22.0. The standard InChI is InChI=1S/C19H27FN5O6P/c1-10(2)28-16-13-15(23-18(21)24-16)25(9-22-13)17-19(3,20)14-12(29-17)8-27-32(26,31-14)30-11-6-4-5-7-11/h9-12,14,17H,4-8H2,1-3H3,(H2,21,23,24)/t12-,14-,17-,19-,32-/m1/s1. The monoisotopic (exact) mass is 471 g/mol. The van der Waals surface area contributed by atoms with E-state index in [1.165, 1.54) is 17.8 Å². The van der Waals surface area contributed by atoms with Crippen LogP contribution in [0.1, 0.15) is 52.7 Å². The molecule has 13 heteroatoms. The van der Waals surface area contributed by atoms with Crippen LogP contribution in [0.15, 0.2) is 6.33 Å². The highest BCUT2D eigenvalue weighted by Crippen LogP contribution is 2.61. The Bertz CT molecular complexity index is 1060. The van der Waals surface area contributed by atoms with Gasteiger partial charge in [-0.2, -0.15) is 9.97 Å². The van der Waals surface area contributed by atoms with Gasteiger partial charge in [-0.3, -0.25) is 18.1 Å². The molecule has 5 rings (SSSR count). The summed E-state index contributed by atoms with van der Waals surface area (Å²) in [6, 6.07) is 0. The Morgan fingerprint density at radius 1 is 1.34 bits per heavy atom. The second kappa shape index (κ2) is 7.88. The molecular formula is C19H27FN5O6P. The van der Waals surface area contributed by atoms with Crippen molar-refractivity contribution in [3.05, 3.63) is 6.33 Å². The van der Waals surface area contributed by atoms with E-state index < -0.39 is 31.9 Å².